The molecular weight excluding hydrogens is 557 g/mol. The van der Waals surface area contributed by atoms with E-state index in [0.717, 1.165) is 5.56 Å². The van der Waals surface area contributed by atoms with E-state index < -0.39 is 41.9 Å². The van der Waals surface area contributed by atoms with Gasteiger partial charge in [0.2, 0.25) is 23.6 Å². The minimum Gasteiger partial charge on any atom is -0.508 e. The Morgan fingerprint density at radius 1 is 0.875 bits per heavy atom. The molecule has 2 aromatic rings. The lowest BCUT2D eigenvalue weighted by Crippen LogP contribution is -2.57. The monoisotopic (exact) mass is 589 g/mol. The van der Waals surface area contributed by atoms with Gasteiger partial charge >= 0.3 is 0 Å². The summed E-state index contributed by atoms with van der Waals surface area (Å²) in [4.78, 5) is 55.3. The highest BCUT2D eigenvalue weighted by atomic mass is 35.5. The predicted molar refractivity (Wildman–Crippen MR) is 151 cm³/mol. The number of amides is 4. The zero-order valence-electron chi connectivity index (χ0n) is 21.9. The number of halogens is 2. The summed E-state index contributed by atoms with van der Waals surface area (Å²) in [5, 5.41) is 13.0. The van der Waals surface area contributed by atoms with Crippen LogP contribution in [0.5, 0.6) is 5.75 Å². The van der Waals surface area contributed by atoms with Gasteiger partial charge in [-0.25, -0.2) is 0 Å². The summed E-state index contributed by atoms with van der Waals surface area (Å²) in [6.07, 6.45) is 2.45. The zero-order valence-corrected chi connectivity index (χ0v) is 23.4. The molecular formula is C28H33Cl2N5O5. The third-order valence-electron chi connectivity index (χ3n) is 7.45. The lowest BCUT2D eigenvalue weighted by atomic mass is 10.0. The van der Waals surface area contributed by atoms with Crippen LogP contribution in [-0.4, -0.2) is 75.8 Å². The van der Waals surface area contributed by atoms with Crippen molar-refractivity contribution < 1.29 is 24.3 Å². The molecule has 2 aliphatic heterocycles. The Kier molecular flexibility index (Phi) is 9.55. The van der Waals surface area contributed by atoms with Gasteiger partial charge in [-0.1, -0.05) is 41.4 Å². The van der Waals surface area contributed by atoms with E-state index in [0.29, 0.717) is 54.4 Å². The average molecular weight is 591 g/mol. The summed E-state index contributed by atoms with van der Waals surface area (Å²) >= 11 is 12.2. The van der Waals surface area contributed by atoms with E-state index >= 15 is 0 Å². The molecule has 0 radical (unpaired) electrons. The van der Waals surface area contributed by atoms with Crippen molar-refractivity contribution in [3.63, 3.8) is 0 Å². The minimum absolute atomic E-state index is 0.102. The third kappa shape index (κ3) is 6.86. The molecule has 214 valence electrons. The molecule has 0 saturated carbocycles. The zero-order chi connectivity index (χ0) is 29.0. The van der Waals surface area contributed by atoms with E-state index in [1.165, 1.54) is 21.9 Å². The largest absolute Gasteiger partial charge is 0.508 e. The number of carbonyl (C=O) groups is 4. The van der Waals surface area contributed by atoms with Gasteiger partial charge in [0, 0.05) is 19.5 Å². The van der Waals surface area contributed by atoms with Crippen LogP contribution in [0.3, 0.4) is 0 Å². The minimum atomic E-state index is -1.02. The van der Waals surface area contributed by atoms with Crippen LogP contribution in [0, 0.1) is 0 Å². The molecule has 4 amide bonds. The molecule has 2 aliphatic rings. The maximum absolute atomic E-state index is 13.6. The highest BCUT2D eigenvalue weighted by molar-refractivity contribution is 6.42. The molecule has 4 atom stereocenters. The van der Waals surface area contributed by atoms with Gasteiger partial charge in [-0.2, -0.15) is 0 Å². The van der Waals surface area contributed by atoms with E-state index in [1.807, 2.05) is 0 Å². The quantitative estimate of drug-likeness (QED) is 0.349. The van der Waals surface area contributed by atoms with Crippen LogP contribution in [0.15, 0.2) is 42.5 Å². The number of likely N-dealkylation sites (tertiary alicyclic amines) is 2. The molecule has 10 nitrogen and oxygen atoms in total. The number of nitrogens with two attached hydrogens (primary N) is 2. The number of primary amides is 1. The van der Waals surface area contributed by atoms with Crippen LogP contribution < -0.4 is 16.8 Å². The Labute approximate surface area is 242 Å². The van der Waals surface area contributed by atoms with Gasteiger partial charge < -0.3 is 31.7 Å². The van der Waals surface area contributed by atoms with Crippen molar-refractivity contribution in [3.05, 3.63) is 63.6 Å². The maximum atomic E-state index is 13.6. The predicted octanol–water partition coefficient (Wildman–Crippen LogP) is 1.76. The van der Waals surface area contributed by atoms with Gasteiger partial charge in [-0.3, -0.25) is 19.2 Å². The number of carbonyl (C=O) groups excluding carboxylic acids is 4. The molecule has 0 bridgehead atoms. The Balaban J connectivity index is 1.50. The molecule has 6 N–H and O–H groups in total. The molecule has 2 saturated heterocycles. The van der Waals surface area contributed by atoms with E-state index in [4.69, 9.17) is 34.7 Å². The molecule has 0 unspecified atom stereocenters. The van der Waals surface area contributed by atoms with Crippen LogP contribution in [0.4, 0.5) is 0 Å². The van der Waals surface area contributed by atoms with Crippen molar-refractivity contribution in [2.75, 3.05) is 13.1 Å². The fourth-order valence-electron chi connectivity index (χ4n) is 5.39. The third-order valence-corrected chi connectivity index (χ3v) is 8.19. The lowest BCUT2D eigenvalue weighted by Gasteiger charge is -2.31. The number of hydrogen-bond donors (Lipinski definition) is 4. The van der Waals surface area contributed by atoms with E-state index in [2.05, 4.69) is 5.32 Å². The number of aromatic hydroxyl groups is 1. The Hall–Kier alpha value is -3.34. The summed E-state index contributed by atoms with van der Waals surface area (Å²) in [6, 6.07) is 7.92. The number of phenols is 1. The molecule has 40 heavy (non-hydrogen) atoms. The van der Waals surface area contributed by atoms with Crippen molar-refractivity contribution in [2.24, 2.45) is 11.5 Å². The second-order valence-corrected chi connectivity index (χ2v) is 11.1. The SMILES string of the molecule is NC(=O)[C@@H]1CCCN1C(=O)[C@@H](Cc1ccc(Cl)c(Cl)c1)NC(=O)[C@@H]1CCCN1C(=O)[C@@H](N)Cc1ccc(O)cc1. The number of benzene rings is 2. The molecule has 2 aromatic carbocycles. The maximum Gasteiger partial charge on any atom is 0.246 e. The van der Waals surface area contributed by atoms with Crippen LogP contribution in [0.1, 0.15) is 36.8 Å². The first-order valence-corrected chi connectivity index (χ1v) is 14.0. The summed E-state index contributed by atoms with van der Waals surface area (Å²) in [7, 11) is 0. The van der Waals surface area contributed by atoms with Gasteiger partial charge in [0.1, 0.15) is 23.9 Å². The first-order chi connectivity index (χ1) is 19.0. The van der Waals surface area contributed by atoms with E-state index in [1.54, 1.807) is 30.3 Å². The Bertz CT molecular complexity index is 1270. The highest BCUT2D eigenvalue weighted by Gasteiger charge is 2.40. The number of nitrogens with zero attached hydrogens (tertiary/aromatic N) is 2. The molecule has 4 rings (SSSR count). The summed E-state index contributed by atoms with van der Waals surface area (Å²) in [5.74, 6) is -1.76. The normalized spacial score (nSPS) is 20.3. The van der Waals surface area contributed by atoms with Gasteiger partial charge in [0.25, 0.3) is 0 Å². The first kappa shape index (κ1) is 29.6. The molecule has 2 fully saturated rings. The standard InChI is InChI=1S/C28H33Cl2N5O5/c29-19-10-7-17(13-20(19)30)15-22(28(40)34-11-1-3-23(34)25(32)37)33-26(38)24-4-2-12-35(24)27(39)21(31)14-16-5-8-18(36)9-6-16/h5-10,13,21-24,36H,1-4,11-12,14-15,31H2,(H2,32,37)(H,33,38)/t21-,22+,23-,24-/m0/s1. The van der Waals surface area contributed by atoms with Crippen LogP contribution in [0.2, 0.25) is 10.0 Å². The van der Waals surface area contributed by atoms with Crippen molar-refractivity contribution in [1.29, 1.82) is 0 Å². The molecule has 0 aliphatic carbocycles. The Morgan fingerprint density at radius 2 is 1.48 bits per heavy atom. The number of rotatable bonds is 9. The number of nitrogens with one attached hydrogen (secondary N) is 1. The molecule has 2 heterocycles. The van der Waals surface area contributed by atoms with Crippen molar-refractivity contribution in [3.8, 4) is 5.75 Å². The topological polar surface area (TPSA) is 159 Å². The first-order valence-electron chi connectivity index (χ1n) is 13.2. The van der Waals surface area contributed by atoms with Crippen LogP contribution in [-0.2, 0) is 32.0 Å². The molecule has 12 heteroatoms. The van der Waals surface area contributed by atoms with E-state index in [-0.39, 0.29) is 24.5 Å². The number of phenolic OH excluding ortho intramolecular Hbond substituents is 1. The second-order valence-electron chi connectivity index (χ2n) is 10.3. The Morgan fingerprint density at radius 3 is 2.10 bits per heavy atom. The smallest absolute Gasteiger partial charge is 0.246 e. The van der Waals surface area contributed by atoms with Crippen molar-refractivity contribution in [2.45, 2.75) is 62.7 Å². The van der Waals surface area contributed by atoms with Crippen molar-refractivity contribution in [1.82, 2.24) is 15.1 Å². The molecule has 0 aromatic heterocycles. The average Bonchev–Trinajstić information content (AvgIpc) is 3.61. The van der Waals surface area contributed by atoms with Gasteiger partial charge in [0.05, 0.1) is 16.1 Å². The second kappa shape index (κ2) is 12.9. The summed E-state index contributed by atoms with van der Waals surface area (Å²) in [5.41, 5.74) is 13.2. The van der Waals surface area contributed by atoms with Gasteiger partial charge in [-0.15, -0.1) is 0 Å². The van der Waals surface area contributed by atoms with Gasteiger partial charge in [-0.05, 0) is 67.5 Å². The molecule has 0 spiro atoms. The van der Waals surface area contributed by atoms with Crippen LogP contribution >= 0.6 is 23.2 Å². The van der Waals surface area contributed by atoms with Crippen molar-refractivity contribution >= 4 is 46.8 Å². The van der Waals surface area contributed by atoms with Crippen LogP contribution in [0.25, 0.3) is 0 Å². The number of hydrogen-bond acceptors (Lipinski definition) is 6. The fraction of sp³-hybridized carbons (Fsp3) is 0.429. The van der Waals surface area contributed by atoms with Gasteiger partial charge in [0.15, 0.2) is 0 Å². The summed E-state index contributed by atoms with van der Waals surface area (Å²) in [6.45, 7) is 0.710. The fourth-order valence-corrected chi connectivity index (χ4v) is 5.71. The lowest BCUT2D eigenvalue weighted by molar-refractivity contribution is -0.143. The highest BCUT2D eigenvalue weighted by Crippen LogP contribution is 2.25. The van der Waals surface area contributed by atoms with E-state index in [9.17, 15) is 24.3 Å². The summed E-state index contributed by atoms with van der Waals surface area (Å²) < 4.78 is 0.